The zero-order valence-corrected chi connectivity index (χ0v) is 9.91. The summed E-state index contributed by atoms with van der Waals surface area (Å²) < 4.78 is 51.7. The SMILES string of the molecule is O=C(O)c1cccc(F)c1-c1cccc(C(F)(F)F)c1. The lowest BCUT2D eigenvalue weighted by atomic mass is 9.97. The molecule has 0 bridgehead atoms. The molecule has 0 aromatic heterocycles. The van der Waals surface area contributed by atoms with E-state index in [1.54, 1.807) is 0 Å². The molecule has 0 radical (unpaired) electrons. The summed E-state index contributed by atoms with van der Waals surface area (Å²) in [6.07, 6.45) is -4.58. The van der Waals surface area contributed by atoms with Crippen LogP contribution >= 0.6 is 0 Å². The molecule has 2 aromatic carbocycles. The lowest BCUT2D eigenvalue weighted by Crippen LogP contribution is -2.06. The fourth-order valence-electron chi connectivity index (χ4n) is 1.85. The monoisotopic (exact) mass is 284 g/mol. The molecule has 0 aliphatic carbocycles. The van der Waals surface area contributed by atoms with Crippen LogP contribution in [-0.2, 0) is 6.18 Å². The summed E-state index contributed by atoms with van der Waals surface area (Å²) in [5, 5.41) is 8.99. The Balaban J connectivity index is 2.66. The number of halogens is 4. The Morgan fingerprint density at radius 2 is 1.70 bits per heavy atom. The van der Waals surface area contributed by atoms with Crippen LogP contribution in [0.25, 0.3) is 11.1 Å². The van der Waals surface area contributed by atoms with Crippen molar-refractivity contribution in [1.29, 1.82) is 0 Å². The van der Waals surface area contributed by atoms with Crippen molar-refractivity contribution in [2.45, 2.75) is 6.18 Å². The Bertz CT molecular complexity index is 662. The number of rotatable bonds is 2. The van der Waals surface area contributed by atoms with Gasteiger partial charge in [0.2, 0.25) is 0 Å². The van der Waals surface area contributed by atoms with Gasteiger partial charge in [-0.25, -0.2) is 9.18 Å². The second kappa shape index (κ2) is 4.96. The summed E-state index contributed by atoms with van der Waals surface area (Å²) >= 11 is 0. The number of hydrogen-bond donors (Lipinski definition) is 1. The van der Waals surface area contributed by atoms with Crippen molar-refractivity contribution in [2.24, 2.45) is 0 Å². The highest BCUT2D eigenvalue weighted by Crippen LogP contribution is 2.34. The molecule has 2 nitrogen and oxygen atoms in total. The van der Waals surface area contributed by atoms with Crippen LogP contribution in [0.4, 0.5) is 17.6 Å². The van der Waals surface area contributed by atoms with Crippen molar-refractivity contribution in [3.8, 4) is 11.1 Å². The van der Waals surface area contributed by atoms with Gasteiger partial charge in [-0.3, -0.25) is 0 Å². The molecule has 0 spiro atoms. The molecule has 0 saturated heterocycles. The van der Waals surface area contributed by atoms with Crippen LogP contribution in [0.2, 0.25) is 0 Å². The Kier molecular flexibility index (Phi) is 3.48. The first-order valence-corrected chi connectivity index (χ1v) is 5.50. The molecule has 0 saturated carbocycles. The van der Waals surface area contributed by atoms with Crippen molar-refractivity contribution in [1.82, 2.24) is 0 Å². The average molecular weight is 284 g/mol. The highest BCUT2D eigenvalue weighted by atomic mass is 19.4. The number of hydrogen-bond acceptors (Lipinski definition) is 1. The van der Waals surface area contributed by atoms with E-state index in [1.807, 2.05) is 0 Å². The fourth-order valence-corrected chi connectivity index (χ4v) is 1.85. The van der Waals surface area contributed by atoms with E-state index in [2.05, 4.69) is 0 Å². The molecular formula is C14H8F4O2. The van der Waals surface area contributed by atoms with E-state index in [0.29, 0.717) is 0 Å². The van der Waals surface area contributed by atoms with Crippen LogP contribution in [-0.4, -0.2) is 11.1 Å². The number of carbonyl (C=O) groups is 1. The Labute approximate surface area is 111 Å². The maximum absolute atomic E-state index is 13.8. The molecule has 20 heavy (non-hydrogen) atoms. The molecule has 0 fully saturated rings. The van der Waals surface area contributed by atoms with Crippen molar-refractivity contribution in [3.05, 3.63) is 59.4 Å². The molecule has 0 unspecified atom stereocenters. The first-order valence-electron chi connectivity index (χ1n) is 5.50. The van der Waals surface area contributed by atoms with E-state index in [9.17, 15) is 22.4 Å². The maximum atomic E-state index is 13.8. The standard InChI is InChI=1S/C14H8F4O2/c15-11-6-2-5-10(13(19)20)12(11)8-3-1-4-9(7-8)14(16,17)18/h1-7H,(H,19,20). The first kappa shape index (κ1) is 14.0. The summed E-state index contributed by atoms with van der Waals surface area (Å²) in [6.45, 7) is 0. The second-order valence-corrected chi connectivity index (χ2v) is 4.05. The molecular weight excluding hydrogens is 276 g/mol. The predicted molar refractivity (Wildman–Crippen MR) is 63.8 cm³/mol. The molecule has 1 N–H and O–H groups in total. The van der Waals surface area contributed by atoms with Crippen LogP contribution in [0.1, 0.15) is 15.9 Å². The van der Waals surface area contributed by atoms with E-state index < -0.39 is 23.5 Å². The van der Waals surface area contributed by atoms with Gasteiger partial charge >= 0.3 is 12.1 Å². The lowest BCUT2D eigenvalue weighted by molar-refractivity contribution is -0.137. The van der Waals surface area contributed by atoms with Gasteiger partial charge in [0.25, 0.3) is 0 Å². The highest BCUT2D eigenvalue weighted by Gasteiger charge is 2.31. The zero-order valence-electron chi connectivity index (χ0n) is 9.91. The minimum atomic E-state index is -4.58. The van der Waals surface area contributed by atoms with Gasteiger partial charge in [-0.2, -0.15) is 13.2 Å². The molecule has 0 aliphatic rings. The lowest BCUT2D eigenvalue weighted by Gasteiger charge is -2.11. The number of carboxylic acids is 1. The van der Waals surface area contributed by atoms with Crippen LogP contribution < -0.4 is 0 Å². The molecule has 2 aromatic rings. The molecule has 104 valence electrons. The molecule has 0 atom stereocenters. The minimum absolute atomic E-state index is 0.129. The van der Waals surface area contributed by atoms with Gasteiger partial charge in [0.15, 0.2) is 0 Å². The Morgan fingerprint density at radius 1 is 1.05 bits per heavy atom. The van der Waals surface area contributed by atoms with Crippen molar-refractivity contribution >= 4 is 5.97 Å². The van der Waals surface area contributed by atoms with E-state index >= 15 is 0 Å². The number of aromatic carboxylic acids is 1. The normalized spacial score (nSPS) is 11.4. The smallest absolute Gasteiger partial charge is 0.416 e. The molecule has 0 amide bonds. The van der Waals surface area contributed by atoms with Crippen molar-refractivity contribution in [2.75, 3.05) is 0 Å². The van der Waals surface area contributed by atoms with Gasteiger partial charge in [-0.1, -0.05) is 18.2 Å². The van der Waals surface area contributed by atoms with Gasteiger partial charge in [0.1, 0.15) is 5.82 Å². The van der Waals surface area contributed by atoms with Crippen LogP contribution in [0.3, 0.4) is 0 Å². The summed E-state index contributed by atoms with van der Waals surface area (Å²) in [6, 6.07) is 7.24. The van der Waals surface area contributed by atoms with E-state index in [0.717, 1.165) is 30.3 Å². The fraction of sp³-hybridized carbons (Fsp3) is 0.0714. The first-order chi connectivity index (χ1) is 9.30. The highest BCUT2D eigenvalue weighted by molar-refractivity contribution is 5.96. The quantitative estimate of drug-likeness (QED) is 0.839. The third kappa shape index (κ3) is 2.64. The van der Waals surface area contributed by atoms with Gasteiger partial charge < -0.3 is 5.11 Å². The summed E-state index contributed by atoms with van der Waals surface area (Å²) in [7, 11) is 0. The van der Waals surface area contributed by atoms with Gasteiger partial charge in [0, 0.05) is 5.56 Å². The van der Waals surface area contributed by atoms with E-state index in [1.165, 1.54) is 12.1 Å². The number of carboxylic acid groups (broad SMARTS) is 1. The Hall–Kier alpha value is -2.37. The maximum Gasteiger partial charge on any atom is 0.416 e. The minimum Gasteiger partial charge on any atom is -0.478 e. The summed E-state index contributed by atoms with van der Waals surface area (Å²) in [5.41, 5.74) is -1.83. The van der Waals surface area contributed by atoms with Gasteiger partial charge in [-0.05, 0) is 29.8 Å². The Morgan fingerprint density at radius 3 is 2.30 bits per heavy atom. The van der Waals surface area contributed by atoms with Crippen LogP contribution in [0.15, 0.2) is 42.5 Å². The van der Waals surface area contributed by atoms with Gasteiger partial charge in [-0.15, -0.1) is 0 Å². The van der Waals surface area contributed by atoms with Crippen LogP contribution in [0, 0.1) is 5.82 Å². The van der Waals surface area contributed by atoms with Gasteiger partial charge in [0.05, 0.1) is 11.1 Å². The van der Waals surface area contributed by atoms with Crippen molar-refractivity contribution < 1.29 is 27.5 Å². The molecule has 6 heteroatoms. The van der Waals surface area contributed by atoms with E-state index in [-0.39, 0.29) is 16.7 Å². The predicted octanol–water partition coefficient (Wildman–Crippen LogP) is 4.21. The average Bonchev–Trinajstić information content (AvgIpc) is 2.37. The molecule has 0 aliphatic heterocycles. The third-order valence-electron chi connectivity index (χ3n) is 2.72. The topological polar surface area (TPSA) is 37.3 Å². The third-order valence-corrected chi connectivity index (χ3v) is 2.72. The number of benzene rings is 2. The number of alkyl halides is 3. The molecule has 0 heterocycles. The zero-order chi connectivity index (χ0) is 14.9. The summed E-state index contributed by atoms with van der Waals surface area (Å²) in [4.78, 5) is 11.0. The molecule has 2 rings (SSSR count). The van der Waals surface area contributed by atoms with E-state index in [4.69, 9.17) is 5.11 Å². The summed E-state index contributed by atoms with van der Waals surface area (Å²) in [5.74, 6) is -2.29. The second-order valence-electron chi connectivity index (χ2n) is 4.05. The van der Waals surface area contributed by atoms with Crippen molar-refractivity contribution in [3.63, 3.8) is 0 Å². The van der Waals surface area contributed by atoms with Crippen LogP contribution in [0.5, 0.6) is 0 Å². The largest absolute Gasteiger partial charge is 0.478 e.